The molecule has 0 fully saturated rings. The van der Waals surface area contributed by atoms with Crippen LogP contribution in [0.15, 0.2) is 0 Å². The Labute approximate surface area is 115 Å². The molecule has 0 saturated carbocycles. The zero-order valence-electron chi connectivity index (χ0n) is 12.7. The van der Waals surface area contributed by atoms with Crippen LogP contribution in [0.3, 0.4) is 0 Å². The summed E-state index contributed by atoms with van der Waals surface area (Å²) in [6.07, 6.45) is 0. The molecule has 7 nitrogen and oxygen atoms in total. The summed E-state index contributed by atoms with van der Waals surface area (Å²) in [7, 11) is 6.73. The maximum atomic E-state index is 11.4. The normalized spacial score (nSPS) is 13.4. The number of ether oxygens (including phenoxy) is 1. The fraction of sp³-hybridized carbons (Fsp3) is 0.833. The van der Waals surface area contributed by atoms with E-state index in [0.29, 0.717) is 13.2 Å². The highest BCUT2D eigenvalue weighted by Crippen LogP contribution is 1.91. The van der Waals surface area contributed by atoms with E-state index < -0.39 is 0 Å². The predicted molar refractivity (Wildman–Crippen MR) is 74.2 cm³/mol. The van der Waals surface area contributed by atoms with Crippen LogP contribution < -0.4 is 10.6 Å². The van der Waals surface area contributed by atoms with E-state index in [1.807, 2.05) is 13.8 Å². The molecule has 0 aliphatic heterocycles. The molecule has 0 aromatic rings. The summed E-state index contributed by atoms with van der Waals surface area (Å²) in [6.45, 7) is 4.54. The molecule has 2 N–H and O–H groups in total. The first kappa shape index (κ1) is 17.5. The van der Waals surface area contributed by atoms with E-state index >= 15 is 0 Å². The third kappa shape index (κ3) is 8.25. The quantitative estimate of drug-likeness (QED) is 0.732. The van der Waals surface area contributed by atoms with E-state index in [1.54, 1.807) is 28.2 Å². The van der Waals surface area contributed by atoms with Gasteiger partial charge in [-0.25, -0.2) is 9.59 Å². The van der Waals surface area contributed by atoms with Crippen molar-refractivity contribution >= 4 is 12.1 Å². The largest absolute Gasteiger partial charge is 0.377 e. The van der Waals surface area contributed by atoms with Crippen LogP contribution in [0.25, 0.3) is 0 Å². The Morgan fingerprint density at radius 3 is 1.47 bits per heavy atom. The van der Waals surface area contributed by atoms with Crippen molar-refractivity contribution in [2.75, 3.05) is 41.4 Å². The summed E-state index contributed by atoms with van der Waals surface area (Å²) in [6, 6.07) is -0.451. The highest BCUT2D eigenvalue weighted by Gasteiger charge is 2.11. The van der Waals surface area contributed by atoms with Gasteiger partial charge in [-0.15, -0.1) is 0 Å². The number of rotatable bonds is 6. The van der Waals surface area contributed by atoms with E-state index in [0.717, 1.165) is 0 Å². The van der Waals surface area contributed by atoms with E-state index in [4.69, 9.17) is 4.74 Å². The van der Waals surface area contributed by atoms with Crippen molar-refractivity contribution in [2.24, 2.45) is 0 Å². The van der Waals surface area contributed by atoms with Gasteiger partial charge < -0.3 is 25.2 Å². The minimum absolute atomic E-state index is 0.0772. The van der Waals surface area contributed by atoms with Crippen LogP contribution in [0.4, 0.5) is 9.59 Å². The molecule has 0 heterocycles. The zero-order chi connectivity index (χ0) is 15.0. The van der Waals surface area contributed by atoms with Crippen LogP contribution in [0.2, 0.25) is 0 Å². The first-order valence-corrected chi connectivity index (χ1v) is 6.27. The first-order chi connectivity index (χ1) is 8.73. The molecule has 0 saturated heterocycles. The van der Waals surface area contributed by atoms with Gasteiger partial charge in [-0.1, -0.05) is 0 Å². The Kier molecular flexibility index (Phi) is 7.90. The van der Waals surface area contributed by atoms with Gasteiger partial charge >= 0.3 is 12.1 Å². The van der Waals surface area contributed by atoms with Crippen molar-refractivity contribution in [3.8, 4) is 0 Å². The molecular formula is C12H26N4O3. The Hall–Kier alpha value is -1.50. The van der Waals surface area contributed by atoms with Gasteiger partial charge in [0.1, 0.15) is 0 Å². The van der Waals surface area contributed by atoms with Gasteiger partial charge in [0.2, 0.25) is 0 Å². The Bertz CT molecular complexity index is 267. The summed E-state index contributed by atoms with van der Waals surface area (Å²) in [5, 5.41) is 5.56. The maximum Gasteiger partial charge on any atom is 0.317 e. The average Bonchev–Trinajstić information content (AvgIpc) is 2.28. The SMILES string of the molecule is CC(COCC(C)NC(=O)N(C)C)NC(=O)N(C)C. The second kappa shape index (κ2) is 8.58. The number of nitrogens with one attached hydrogen (secondary N) is 2. The van der Waals surface area contributed by atoms with E-state index in [-0.39, 0.29) is 24.1 Å². The van der Waals surface area contributed by atoms with Crippen LogP contribution in [0, 0.1) is 0 Å². The van der Waals surface area contributed by atoms with Crippen LogP contribution >= 0.6 is 0 Å². The fourth-order valence-corrected chi connectivity index (χ4v) is 1.18. The Morgan fingerprint density at radius 1 is 0.895 bits per heavy atom. The molecule has 19 heavy (non-hydrogen) atoms. The lowest BCUT2D eigenvalue weighted by Gasteiger charge is -2.20. The highest BCUT2D eigenvalue weighted by atomic mass is 16.5. The van der Waals surface area contributed by atoms with Crippen LogP contribution in [-0.2, 0) is 4.74 Å². The van der Waals surface area contributed by atoms with Crippen molar-refractivity contribution in [3.63, 3.8) is 0 Å². The molecule has 0 aromatic heterocycles. The zero-order valence-corrected chi connectivity index (χ0v) is 12.7. The van der Waals surface area contributed by atoms with Crippen molar-refractivity contribution in [1.82, 2.24) is 20.4 Å². The summed E-state index contributed by atoms with van der Waals surface area (Å²) in [4.78, 5) is 25.7. The monoisotopic (exact) mass is 274 g/mol. The molecule has 0 aliphatic carbocycles. The Balaban J connectivity index is 3.78. The third-order valence-electron chi connectivity index (χ3n) is 2.29. The number of urea groups is 2. The van der Waals surface area contributed by atoms with Crippen molar-refractivity contribution in [1.29, 1.82) is 0 Å². The molecule has 0 bridgehead atoms. The number of hydrogen-bond donors (Lipinski definition) is 2. The second-order valence-corrected chi connectivity index (χ2v) is 5.03. The lowest BCUT2D eigenvalue weighted by Crippen LogP contribution is -2.44. The molecule has 0 radical (unpaired) electrons. The van der Waals surface area contributed by atoms with Gasteiger partial charge in [0.15, 0.2) is 0 Å². The predicted octanol–water partition coefficient (Wildman–Crippen LogP) is 0.322. The molecule has 4 amide bonds. The molecular weight excluding hydrogens is 248 g/mol. The number of amides is 4. The highest BCUT2D eigenvalue weighted by molar-refractivity contribution is 5.74. The van der Waals surface area contributed by atoms with Gasteiger partial charge in [0.25, 0.3) is 0 Å². The molecule has 0 aliphatic rings. The Morgan fingerprint density at radius 2 is 1.21 bits per heavy atom. The van der Waals surface area contributed by atoms with Crippen LogP contribution in [0.5, 0.6) is 0 Å². The second-order valence-electron chi connectivity index (χ2n) is 5.03. The summed E-state index contributed by atoms with van der Waals surface area (Å²) in [5.74, 6) is 0. The lowest BCUT2D eigenvalue weighted by atomic mass is 10.3. The number of carbonyl (C=O) groups excluding carboxylic acids is 2. The molecule has 2 atom stereocenters. The summed E-state index contributed by atoms with van der Waals surface area (Å²) in [5.41, 5.74) is 0. The topological polar surface area (TPSA) is 73.9 Å². The van der Waals surface area contributed by atoms with Gasteiger partial charge in [-0.05, 0) is 13.8 Å². The van der Waals surface area contributed by atoms with Crippen molar-refractivity contribution < 1.29 is 14.3 Å². The average molecular weight is 274 g/mol. The molecule has 0 rings (SSSR count). The summed E-state index contributed by atoms with van der Waals surface area (Å²) < 4.78 is 5.45. The fourth-order valence-electron chi connectivity index (χ4n) is 1.18. The van der Waals surface area contributed by atoms with Crippen molar-refractivity contribution in [2.45, 2.75) is 25.9 Å². The smallest absolute Gasteiger partial charge is 0.317 e. The van der Waals surface area contributed by atoms with Gasteiger partial charge in [-0.3, -0.25) is 0 Å². The van der Waals surface area contributed by atoms with Gasteiger partial charge in [0.05, 0.1) is 25.3 Å². The van der Waals surface area contributed by atoms with E-state index in [9.17, 15) is 9.59 Å². The lowest BCUT2D eigenvalue weighted by molar-refractivity contribution is 0.0995. The maximum absolute atomic E-state index is 11.4. The molecule has 2 unspecified atom stereocenters. The minimum Gasteiger partial charge on any atom is -0.377 e. The first-order valence-electron chi connectivity index (χ1n) is 6.27. The van der Waals surface area contributed by atoms with Crippen molar-refractivity contribution in [3.05, 3.63) is 0 Å². The van der Waals surface area contributed by atoms with Gasteiger partial charge in [0, 0.05) is 28.2 Å². The standard InChI is InChI=1S/C12H26N4O3/c1-9(13-11(17)15(3)4)7-19-8-10(2)14-12(18)16(5)6/h9-10H,7-8H2,1-6H3,(H,13,17)(H,14,18). The number of nitrogens with zero attached hydrogens (tertiary/aromatic N) is 2. The minimum atomic E-state index is -0.148. The van der Waals surface area contributed by atoms with Gasteiger partial charge in [-0.2, -0.15) is 0 Å². The van der Waals surface area contributed by atoms with Crippen LogP contribution in [0.1, 0.15) is 13.8 Å². The third-order valence-corrected chi connectivity index (χ3v) is 2.29. The molecule has 7 heteroatoms. The van der Waals surface area contributed by atoms with E-state index in [2.05, 4.69) is 10.6 Å². The number of hydrogen-bond acceptors (Lipinski definition) is 3. The molecule has 112 valence electrons. The number of carbonyl (C=O) groups is 2. The summed E-state index contributed by atoms with van der Waals surface area (Å²) >= 11 is 0. The molecule has 0 aromatic carbocycles. The van der Waals surface area contributed by atoms with E-state index in [1.165, 1.54) is 9.80 Å². The van der Waals surface area contributed by atoms with Crippen LogP contribution in [-0.4, -0.2) is 75.4 Å². The molecule has 0 spiro atoms.